The van der Waals surface area contributed by atoms with Crippen LogP contribution in [0.15, 0.2) is 0 Å². The van der Waals surface area contributed by atoms with Gasteiger partial charge in [0.15, 0.2) is 0 Å². The summed E-state index contributed by atoms with van der Waals surface area (Å²) in [4.78, 5) is 22.3. The van der Waals surface area contributed by atoms with Crippen LogP contribution >= 0.6 is 22.5 Å². The summed E-state index contributed by atoms with van der Waals surface area (Å²) < 4.78 is 0. The number of amides is 1. The molecule has 0 aromatic rings. The third-order valence-corrected chi connectivity index (χ3v) is 3.04. The van der Waals surface area contributed by atoms with Crippen molar-refractivity contribution in [3.63, 3.8) is 0 Å². The van der Waals surface area contributed by atoms with E-state index in [2.05, 4.69) is 17.0 Å². The van der Waals surface area contributed by atoms with Crippen molar-refractivity contribution in [1.29, 1.82) is 0 Å². The SMILES string of the molecule is CC(C)C(=O)CCCCCNC(=O)CSS. The van der Waals surface area contributed by atoms with Gasteiger partial charge in [-0.2, -0.15) is 0 Å². The molecule has 5 heteroatoms. The molecule has 0 rings (SSSR count). The lowest BCUT2D eigenvalue weighted by Crippen LogP contribution is -2.25. The van der Waals surface area contributed by atoms with Crippen molar-refractivity contribution >= 4 is 34.1 Å². The van der Waals surface area contributed by atoms with Crippen molar-refractivity contribution in [1.82, 2.24) is 5.32 Å². The molecule has 0 radical (unpaired) electrons. The highest BCUT2D eigenvalue weighted by Crippen LogP contribution is 2.06. The van der Waals surface area contributed by atoms with E-state index in [1.807, 2.05) is 13.8 Å². The fraction of sp³-hybridized carbons (Fsp3) is 0.818. The lowest BCUT2D eigenvalue weighted by molar-refractivity contribution is -0.122. The van der Waals surface area contributed by atoms with E-state index in [0.29, 0.717) is 24.5 Å². The van der Waals surface area contributed by atoms with Crippen molar-refractivity contribution < 1.29 is 9.59 Å². The van der Waals surface area contributed by atoms with Gasteiger partial charge >= 0.3 is 0 Å². The smallest absolute Gasteiger partial charge is 0.230 e. The van der Waals surface area contributed by atoms with Crippen LogP contribution < -0.4 is 5.32 Å². The van der Waals surface area contributed by atoms with Crippen LogP contribution in [-0.4, -0.2) is 24.0 Å². The van der Waals surface area contributed by atoms with Gasteiger partial charge in [-0.3, -0.25) is 9.59 Å². The van der Waals surface area contributed by atoms with E-state index in [4.69, 9.17) is 0 Å². The molecule has 0 atom stereocenters. The predicted octanol–water partition coefficient (Wildman–Crippen LogP) is 2.47. The molecule has 0 aliphatic carbocycles. The summed E-state index contributed by atoms with van der Waals surface area (Å²) in [5.41, 5.74) is 0. The molecule has 0 unspecified atom stereocenters. The highest BCUT2D eigenvalue weighted by atomic mass is 33.1. The van der Waals surface area contributed by atoms with Crippen LogP contribution in [0.3, 0.4) is 0 Å². The zero-order valence-corrected chi connectivity index (χ0v) is 11.7. The molecule has 3 nitrogen and oxygen atoms in total. The van der Waals surface area contributed by atoms with Crippen molar-refractivity contribution in [3.8, 4) is 0 Å². The summed E-state index contributed by atoms with van der Waals surface area (Å²) in [5, 5.41) is 2.80. The maximum atomic E-state index is 11.3. The van der Waals surface area contributed by atoms with Crippen LogP contribution in [0, 0.1) is 5.92 Å². The number of rotatable bonds is 9. The van der Waals surface area contributed by atoms with Gasteiger partial charge in [0.05, 0.1) is 5.75 Å². The molecule has 0 aromatic carbocycles. The number of unbranched alkanes of at least 4 members (excludes halogenated alkanes) is 2. The second-order valence-electron chi connectivity index (χ2n) is 4.06. The molecule has 0 aliphatic rings. The Bertz CT molecular complexity index is 220. The molecule has 0 aromatic heterocycles. The van der Waals surface area contributed by atoms with E-state index in [1.165, 1.54) is 10.8 Å². The van der Waals surface area contributed by atoms with Crippen LogP contribution in [0.5, 0.6) is 0 Å². The summed E-state index contributed by atoms with van der Waals surface area (Å²) in [6.07, 6.45) is 3.52. The standard InChI is InChI=1S/C11H21NO2S2/c1-9(2)10(13)6-4-3-5-7-12-11(14)8-16-15/h9,15H,3-8H2,1-2H3,(H,12,14). The largest absolute Gasteiger partial charge is 0.355 e. The van der Waals surface area contributed by atoms with Gasteiger partial charge in [0.1, 0.15) is 5.78 Å². The Morgan fingerprint density at radius 1 is 1.25 bits per heavy atom. The Morgan fingerprint density at radius 2 is 1.94 bits per heavy atom. The van der Waals surface area contributed by atoms with Gasteiger partial charge in [-0.1, -0.05) is 31.1 Å². The molecule has 1 amide bonds. The third-order valence-electron chi connectivity index (χ3n) is 2.26. The number of Topliss-reactive ketones (excluding diaryl/α,β-unsaturated/α-hetero) is 1. The number of carbonyl (C=O) groups is 2. The molecule has 0 spiro atoms. The van der Waals surface area contributed by atoms with Crippen molar-refractivity contribution in [2.75, 3.05) is 12.3 Å². The Balaban J connectivity index is 3.28. The lowest BCUT2D eigenvalue weighted by Gasteiger charge is -2.05. The zero-order chi connectivity index (χ0) is 12.4. The molecule has 0 bridgehead atoms. The van der Waals surface area contributed by atoms with Gasteiger partial charge in [0, 0.05) is 18.9 Å². The van der Waals surface area contributed by atoms with E-state index in [-0.39, 0.29) is 11.8 Å². The zero-order valence-electron chi connectivity index (χ0n) is 9.99. The van der Waals surface area contributed by atoms with E-state index in [0.717, 1.165) is 19.3 Å². The number of ketones is 1. The van der Waals surface area contributed by atoms with Crippen LogP contribution in [0.2, 0.25) is 0 Å². The molecule has 0 aliphatic heterocycles. The highest BCUT2D eigenvalue weighted by molar-refractivity contribution is 8.68. The number of thiol groups is 1. The molecule has 94 valence electrons. The Morgan fingerprint density at radius 3 is 2.50 bits per heavy atom. The van der Waals surface area contributed by atoms with E-state index in [9.17, 15) is 9.59 Å². The quantitative estimate of drug-likeness (QED) is 0.382. The van der Waals surface area contributed by atoms with Gasteiger partial charge in [-0.15, -0.1) is 11.7 Å². The summed E-state index contributed by atoms with van der Waals surface area (Å²) in [7, 11) is 1.22. The maximum Gasteiger partial charge on any atom is 0.230 e. The summed E-state index contributed by atoms with van der Waals surface area (Å²) in [6, 6.07) is 0. The molecular weight excluding hydrogens is 242 g/mol. The fourth-order valence-electron chi connectivity index (χ4n) is 1.23. The van der Waals surface area contributed by atoms with Crippen LogP contribution in [0.4, 0.5) is 0 Å². The maximum absolute atomic E-state index is 11.3. The number of hydrogen-bond acceptors (Lipinski definition) is 4. The second kappa shape index (κ2) is 10.0. The minimum atomic E-state index is 0.0262. The fourth-order valence-corrected chi connectivity index (χ4v) is 1.80. The average molecular weight is 263 g/mol. The van der Waals surface area contributed by atoms with Crippen LogP contribution in [-0.2, 0) is 9.59 Å². The third kappa shape index (κ3) is 9.09. The first-order chi connectivity index (χ1) is 7.57. The first kappa shape index (κ1) is 15.8. The van der Waals surface area contributed by atoms with Gasteiger partial charge in [-0.25, -0.2) is 0 Å². The predicted molar refractivity (Wildman–Crippen MR) is 72.8 cm³/mol. The van der Waals surface area contributed by atoms with Gasteiger partial charge in [-0.05, 0) is 12.8 Å². The first-order valence-corrected chi connectivity index (χ1v) is 7.67. The van der Waals surface area contributed by atoms with Crippen molar-refractivity contribution in [2.24, 2.45) is 5.92 Å². The summed E-state index contributed by atoms with van der Waals surface area (Å²) in [6.45, 7) is 4.55. The van der Waals surface area contributed by atoms with Crippen LogP contribution in [0.25, 0.3) is 0 Å². The topological polar surface area (TPSA) is 46.2 Å². The first-order valence-electron chi connectivity index (χ1n) is 5.63. The van der Waals surface area contributed by atoms with Crippen molar-refractivity contribution in [3.05, 3.63) is 0 Å². The minimum absolute atomic E-state index is 0.0262. The Labute approximate surface area is 107 Å². The molecule has 0 heterocycles. The summed E-state index contributed by atoms with van der Waals surface area (Å²) >= 11 is 3.90. The molecule has 0 saturated carbocycles. The number of hydrogen-bond donors (Lipinski definition) is 2. The summed E-state index contributed by atoms with van der Waals surface area (Å²) in [5.74, 6) is 0.899. The molecule has 0 fully saturated rings. The monoisotopic (exact) mass is 263 g/mol. The second-order valence-corrected chi connectivity index (χ2v) is 5.38. The highest BCUT2D eigenvalue weighted by Gasteiger charge is 2.05. The number of carbonyl (C=O) groups excluding carboxylic acids is 2. The Kier molecular flexibility index (Phi) is 9.92. The van der Waals surface area contributed by atoms with Crippen LogP contribution in [0.1, 0.15) is 39.5 Å². The van der Waals surface area contributed by atoms with Crippen molar-refractivity contribution in [2.45, 2.75) is 39.5 Å². The lowest BCUT2D eigenvalue weighted by atomic mass is 10.0. The number of nitrogens with one attached hydrogen (secondary N) is 1. The molecule has 16 heavy (non-hydrogen) atoms. The minimum Gasteiger partial charge on any atom is -0.355 e. The Hall–Kier alpha value is -0.160. The van der Waals surface area contributed by atoms with Gasteiger partial charge < -0.3 is 5.32 Å². The molecule has 0 saturated heterocycles. The normalized spacial score (nSPS) is 10.5. The van der Waals surface area contributed by atoms with Gasteiger partial charge in [0.25, 0.3) is 0 Å². The molecular formula is C11H21NO2S2. The van der Waals surface area contributed by atoms with Gasteiger partial charge in [0.2, 0.25) is 5.91 Å². The average Bonchev–Trinajstić information content (AvgIpc) is 2.23. The van der Waals surface area contributed by atoms with E-state index in [1.54, 1.807) is 0 Å². The molecule has 1 N–H and O–H groups in total. The van der Waals surface area contributed by atoms with E-state index >= 15 is 0 Å². The van der Waals surface area contributed by atoms with E-state index < -0.39 is 0 Å².